The molecular weight excluding hydrogens is 275 g/mol. The van der Waals surface area contributed by atoms with E-state index in [2.05, 4.69) is 0 Å². The van der Waals surface area contributed by atoms with Crippen LogP contribution in [0, 0.1) is 27.6 Å². The molecule has 0 radical (unpaired) electrons. The number of nitro benzene ring substituents is 1. The van der Waals surface area contributed by atoms with Gasteiger partial charge in [0.2, 0.25) is 11.6 Å². The quantitative estimate of drug-likeness (QED) is 0.636. The van der Waals surface area contributed by atoms with Crippen molar-refractivity contribution < 1.29 is 22.8 Å². The molecule has 0 fully saturated rings. The number of hydrogen-bond acceptors (Lipinski definition) is 3. The molecule has 0 aliphatic heterocycles. The van der Waals surface area contributed by atoms with E-state index >= 15 is 0 Å². The van der Waals surface area contributed by atoms with Crippen LogP contribution in [0.25, 0.3) is 0 Å². The second-order valence-corrected chi connectivity index (χ2v) is 3.88. The average molecular weight is 283 g/mol. The van der Waals surface area contributed by atoms with Gasteiger partial charge in [0.25, 0.3) is 0 Å². The minimum atomic E-state index is -1.14. The monoisotopic (exact) mass is 283 g/mol. The van der Waals surface area contributed by atoms with Gasteiger partial charge >= 0.3 is 5.69 Å². The van der Waals surface area contributed by atoms with Gasteiger partial charge in [-0.25, -0.2) is 4.39 Å². The fourth-order valence-corrected chi connectivity index (χ4v) is 1.54. The summed E-state index contributed by atoms with van der Waals surface area (Å²) < 4.78 is 44.6. The number of rotatable bonds is 4. The first-order valence-corrected chi connectivity index (χ1v) is 5.48. The molecule has 0 spiro atoms. The summed E-state index contributed by atoms with van der Waals surface area (Å²) in [5.41, 5.74) is -0.401. The smallest absolute Gasteiger partial charge is 0.304 e. The summed E-state index contributed by atoms with van der Waals surface area (Å²) in [6.45, 7) is -0.241. The summed E-state index contributed by atoms with van der Waals surface area (Å²) in [5, 5.41) is 10.4. The van der Waals surface area contributed by atoms with Crippen LogP contribution in [0.15, 0.2) is 36.4 Å². The molecule has 2 rings (SSSR count). The van der Waals surface area contributed by atoms with Crippen molar-refractivity contribution >= 4 is 5.69 Å². The third-order valence-corrected chi connectivity index (χ3v) is 2.52. The van der Waals surface area contributed by atoms with Gasteiger partial charge in [0.15, 0.2) is 11.6 Å². The predicted octanol–water partition coefficient (Wildman–Crippen LogP) is 3.59. The second kappa shape index (κ2) is 5.60. The van der Waals surface area contributed by atoms with E-state index in [0.29, 0.717) is 0 Å². The Morgan fingerprint density at radius 3 is 2.50 bits per heavy atom. The van der Waals surface area contributed by atoms with Crippen molar-refractivity contribution in [1.29, 1.82) is 0 Å². The van der Waals surface area contributed by atoms with Crippen molar-refractivity contribution in [2.75, 3.05) is 0 Å². The summed E-state index contributed by atoms with van der Waals surface area (Å²) in [7, 11) is 0. The lowest BCUT2D eigenvalue weighted by atomic mass is 10.2. The molecule has 2 aromatic rings. The molecule has 2 aromatic carbocycles. The van der Waals surface area contributed by atoms with Gasteiger partial charge in [0.05, 0.1) is 4.92 Å². The van der Waals surface area contributed by atoms with E-state index in [0.717, 1.165) is 18.2 Å². The highest BCUT2D eigenvalue weighted by Gasteiger charge is 2.14. The van der Waals surface area contributed by atoms with Crippen LogP contribution in [0.3, 0.4) is 0 Å². The van der Waals surface area contributed by atoms with Gasteiger partial charge in [-0.1, -0.05) is 6.07 Å². The molecule has 0 amide bonds. The van der Waals surface area contributed by atoms with Crippen molar-refractivity contribution in [3.05, 3.63) is 69.5 Å². The molecule has 4 nitrogen and oxygen atoms in total. The zero-order chi connectivity index (χ0) is 14.7. The summed E-state index contributed by atoms with van der Waals surface area (Å²) in [4.78, 5) is 9.58. The number of benzene rings is 2. The van der Waals surface area contributed by atoms with E-state index in [1.54, 1.807) is 0 Å². The molecule has 104 valence electrons. The molecule has 0 aromatic heterocycles. The van der Waals surface area contributed by atoms with Crippen LogP contribution in [-0.2, 0) is 6.61 Å². The lowest BCUT2D eigenvalue weighted by Crippen LogP contribution is -2.00. The van der Waals surface area contributed by atoms with Gasteiger partial charge in [-0.3, -0.25) is 10.1 Å². The van der Waals surface area contributed by atoms with Gasteiger partial charge in [-0.2, -0.15) is 8.78 Å². The highest BCUT2D eigenvalue weighted by Crippen LogP contribution is 2.22. The maximum atomic E-state index is 13.3. The van der Waals surface area contributed by atoms with Crippen LogP contribution in [0.4, 0.5) is 18.9 Å². The van der Waals surface area contributed by atoms with Crippen LogP contribution in [0.2, 0.25) is 0 Å². The summed E-state index contributed by atoms with van der Waals surface area (Å²) in [5.74, 6) is -3.54. The molecule has 0 unspecified atom stereocenters. The van der Waals surface area contributed by atoms with Gasteiger partial charge < -0.3 is 4.74 Å². The van der Waals surface area contributed by atoms with E-state index in [1.165, 1.54) is 18.2 Å². The largest absolute Gasteiger partial charge is 0.486 e. The molecule has 0 heterocycles. The average Bonchev–Trinajstić information content (AvgIpc) is 2.40. The maximum absolute atomic E-state index is 13.3. The van der Waals surface area contributed by atoms with Crippen molar-refractivity contribution in [2.45, 2.75) is 6.61 Å². The van der Waals surface area contributed by atoms with Gasteiger partial charge in [0.1, 0.15) is 6.61 Å². The highest BCUT2D eigenvalue weighted by molar-refractivity contribution is 5.35. The third-order valence-electron chi connectivity index (χ3n) is 2.52. The third kappa shape index (κ3) is 2.87. The Balaban J connectivity index is 2.13. The fraction of sp³-hybridized carbons (Fsp3) is 0.0769. The van der Waals surface area contributed by atoms with Gasteiger partial charge in [-0.05, 0) is 29.8 Å². The summed E-state index contributed by atoms with van der Waals surface area (Å²) in [6, 6.07) is 6.60. The Bertz CT molecular complexity index is 661. The van der Waals surface area contributed by atoms with Crippen LogP contribution < -0.4 is 4.74 Å². The molecule has 0 saturated heterocycles. The fourth-order valence-electron chi connectivity index (χ4n) is 1.54. The number of nitro groups is 1. The van der Waals surface area contributed by atoms with Crippen molar-refractivity contribution in [3.63, 3.8) is 0 Å². The van der Waals surface area contributed by atoms with E-state index in [-0.39, 0.29) is 17.9 Å². The van der Waals surface area contributed by atoms with E-state index < -0.39 is 28.1 Å². The molecule has 0 saturated carbocycles. The van der Waals surface area contributed by atoms with Crippen LogP contribution in [-0.4, -0.2) is 4.92 Å². The lowest BCUT2D eigenvalue weighted by Gasteiger charge is -2.07. The molecule has 0 aliphatic rings. The summed E-state index contributed by atoms with van der Waals surface area (Å²) >= 11 is 0. The standard InChI is InChI=1S/C13H8F3NO3/c14-9-2-1-3-12(13(9)16)20-7-8-4-5-11(17(18)19)10(15)6-8/h1-6H,7H2. The lowest BCUT2D eigenvalue weighted by molar-refractivity contribution is -0.387. The molecule has 7 heteroatoms. The number of hydrogen-bond donors (Lipinski definition) is 0. The summed E-state index contributed by atoms with van der Waals surface area (Å²) in [6.07, 6.45) is 0. The van der Waals surface area contributed by atoms with Crippen molar-refractivity contribution in [3.8, 4) is 5.75 Å². The minimum Gasteiger partial charge on any atom is -0.486 e. The Hall–Kier alpha value is -2.57. The van der Waals surface area contributed by atoms with Gasteiger partial charge in [-0.15, -0.1) is 0 Å². The maximum Gasteiger partial charge on any atom is 0.304 e. The topological polar surface area (TPSA) is 52.4 Å². The zero-order valence-electron chi connectivity index (χ0n) is 9.98. The van der Waals surface area contributed by atoms with E-state index in [1.807, 2.05) is 0 Å². The first-order valence-electron chi connectivity index (χ1n) is 5.48. The first-order chi connectivity index (χ1) is 9.49. The molecular formula is C13H8F3NO3. The van der Waals surface area contributed by atoms with E-state index in [4.69, 9.17) is 4.74 Å². The van der Waals surface area contributed by atoms with Gasteiger partial charge in [0, 0.05) is 6.07 Å². The normalized spacial score (nSPS) is 10.3. The zero-order valence-corrected chi connectivity index (χ0v) is 9.98. The highest BCUT2D eigenvalue weighted by atomic mass is 19.2. The minimum absolute atomic E-state index is 0.241. The molecule has 0 aliphatic carbocycles. The van der Waals surface area contributed by atoms with Crippen LogP contribution in [0.5, 0.6) is 5.75 Å². The molecule has 0 atom stereocenters. The van der Waals surface area contributed by atoms with Crippen molar-refractivity contribution in [1.82, 2.24) is 0 Å². The van der Waals surface area contributed by atoms with Crippen molar-refractivity contribution in [2.24, 2.45) is 0 Å². The number of halogens is 3. The number of ether oxygens (including phenoxy) is 1. The SMILES string of the molecule is O=[N+]([O-])c1ccc(COc2cccc(F)c2F)cc1F. The van der Waals surface area contributed by atoms with E-state index in [9.17, 15) is 23.3 Å². The first kappa shape index (κ1) is 13.9. The molecule has 0 bridgehead atoms. The number of nitrogens with zero attached hydrogens (tertiary/aromatic N) is 1. The Kier molecular flexibility index (Phi) is 3.88. The Morgan fingerprint density at radius 2 is 1.85 bits per heavy atom. The predicted molar refractivity (Wildman–Crippen MR) is 63.7 cm³/mol. The Morgan fingerprint density at radius 1 is 1.10 bits per heavy atom. The van der Waals surface area contributed by atoms with Crippen LogP contribution in [0.1, 0.15) is 5.56 Å². The molecule has 20 heavy (non-hydrogen) atoms. The molecule has 0 N–H and O–H groups in total. The Labute approximate surface area is 111 Å². The van der Waals surface area contributed by atoms with Crippen LogP contribution >= 0.6 is 0 Å². The second-order valence-electron chi connectivity index (χ2n) is 3.88.